The van der Waals surface area contributed by atoms with Crippen LogP contribution in [0.3, 0.4) is 0 Å². The number of nitrogens with two attached hydrogens (primary N) is 1. The highest BCUT2D eigenvalue weighted by atomic mass is 16.5. The van der Waals surface area contributed by atoms with Gasteiger partial charge in [-0.15, -0.1) is 0 Å². The maximum Gasteiger partial charge on any atom is 0.146 e. The van der Waals surface area contributed by atoms with E-state index in [1.165, 1.54) is 0 Å². The van der Waals surface area contributed by atoms with Gasteiger partial charge in [0.1, 0.15) is 18.1 Å². The van der Waals surface area contributed by atoms with E-state index in [0.29, 0.717) is 12.4 Å². The summed E-state index contributed by atoms with van der Waals surface area (Å²) in [5.74, 6) is 0.711. The van der Waals surface area contributed by atoms with E-state index < -0.39 is 6.04 Å². The summed E-state index contributed by atoms with van der Waals surface area (Å²) in [7, 11) is 0. The number of hydrogen-bond acceptors (Lipinski definition) is 7. The van der Waals surface area contributed by atoms with Gasteiger partial charge < -0.3 is 30.8 Å². The Bertz CT molecular complexity index is 893. The molecule has 1 aromatic carbocycles. The van der Waals surface area contributed by atoms with Gasteiger partial charge in [0.15, 0.2) is 0 Å². The molecule has 2 aromatic rings. The first kappa shape index (κ1) is 19.4. The summed E-state index contributed by atoms with van der Waals surface area (Å²) in [5, 5.41) is 6.57. The Morgan fingerprint density at radius 2 is 2.17 bits per heavy atom. The number of morpholine rings is 1. The Kier molecular flexibility index (Phi) is 6.07. The molecule has 2 aliphatic rings. The van der Waals surface area contributed by atoms with E-state index in [4.69, 9.17) is 15.5 Å². The fourth-order valence-corrected chi connectivity index (χ4v) is 3.77. The lowest BCUT2D eigenvalue weighted by molar-refractivity contribution is -0.109. The first-order valence-electron chi connectivity index (χ1n) is 10.1. The van der Waals surface area contributed by atoms with Crippen LogP contribution in [0.4, 0.5) is 17.2 Å². The lowest BCUT2D eigenvalue weighted by Gasteiger charge is -2.29. The van der Waals surface area contributed by atoms with Crippen LogP contribution >= 0.6 is 0 Å². The minimum absolute atomic E-state index is 0.420. The number of ether oxygens (including phenoxy) is 1. The number of anilines is 3. The van der Waals surface area contributed by atoms with Crippen molar-refractivity contribution in [2.45, 2.75) is 18.9 Å². The summed E-state index contributed by atoms with van der Waals surface area (Å²) in [4.78, 5) is 18.8. The molecule has 4 N–H and O–H groups in total. The average Bonchev–Trinajstić information content (AvgIpc) is 2.78. The molecule has 1 saturated heterocycles. The molecule has 152 valence electrons. The van der Waals surface area contributed by atoms with Crippen LogP contribution in [-0.4, -0.2) is 44.1 Å². The minimum atomic E-state index is -0.420. The van der Waals surface area contributed by atoms with Crippen molar-refractivity contribution in [1.82, 2.24) is 10.3 Å². The van der Waals surface area contributed by atoms with Crippen molar-refractivity contribution < 1.29 is 9.53 Å². The van der Waals surface area contributed by atoms with Crippen molar-refractivity contribution >= 4 is 29.6 Å². The van der Waals surface area contributed by atoms with Crippen molar-refractivity contribution in [1.29, 1.82) is 0 Å². The molecule has 1 aromatic heterocycles. The second kappa shape index (κ2) is 9.07. The van der Waals surface area contributed by atoms with Crippen LogP contribution in [-0.2, 0) is 16.0 Å². The molecule has 29 heavy (non-hydrogen) atoms. The van der Waals surface area contributed by atoms with Crippen LogP contribution in [0.5, 0.6) is 0 Å². The van der Waals surface area contributed by atoms with Crippen LogP contribution in [0.2, 0.25) is 0 Å². The number of aromatic nitrogens is 1. The first-order chi connectivity index (χ1) is 14.3. The number of nitrogens with zero attached hydrogens (tertiary/aromatic N) is 2. The van der Waals surface area contributed by atoms with E-state index in [1.807, 2.05) is 30.5 Å². The molecule has 1 fully saturated rings. The number of hydrogen-bond donors (Lipinski definition) is 3. The molecule has 7 heteroatoms. The molecule has 1 unspecified atom stereocenters. The van der Waals surface area contributed by atoms with Gasteiger partial charge >= 0.3 is 0 Å². The van der Waals surface area contributed by atoms with Crippen molar-refractivity contribution in [3.8, 4) is 0 Å². The fourth-order valence-electron chi connectivity index (χ4n) is 3.77. The number of benzene rings is 1. The molecule has 4 rings (SSSR count). The third-order valence-corrected chi connectivity index (χ3v) is 5.25. The largest absolute Gasteiger partial charge is 0.378 e. The molecule has 0 radical (unpaired) electrons. The maximum absolute atomic E-state index is 11.7. The molecule has 7 nitrogen and oxygen atoms in total. The molecule has 1 atom stereocenters. The standard InChI is InChI=1S/C22H27N5O2/c23-7-2-4-17-13-16-6-8-24-20(15-28)21(16)22(25-17)26-18-3-1-5-19(14-18)27-9-11-29-12-10-27/h1,3,5-6,8,13-15,20,24H,2,4,7,9-12,23H2,(H,25,26). The van der Waals surface area contributed by atoms with E-state index in [2.05, 4.69) is 27.7 Å². The Hall–Kier alpha value is -2.90. The topological polar surface area (TPSA) is 92.5 Å². The van der Waals surface area contributed by atoms with Gasteiger partial charge in [-0.2, -0.15) is 0 Å². The zero-order chi connectivity index (χ0) is 20.1. The number of carbonyl (C=O) groups excluding carboxylic acids is 1. The summed E-state index contributed by atoms with van der Waals surface area (Å²) in [5.41, 5.74) is 10.6. The predicted octanol–water partition coefficient (Wildman–Crippen LogP) is 2.37. The van der Waals surface area contributed by atoms with E-state index in [-0.39, 0.29) is 0 Å². The molecular formula is C22H27N5O2. The number of rotatable bonds is 7. The predicted molar refractivity (Wildman–Crippen MR) is 115 cm³/mol. The Morgan fingerprint density at radius 1 is 1.31 bits per heavy atom. The molecule has 2 aliphatic heterocycles. The molecule has 0 amide bonds. The van der Waals surface area contributed by atoms with Crippen molar-refractivity contribution in [2.24, 2.45) is 5.73 Å². The second-order valence-corrected chi connectivity index (χ2v) is 7.25. The summed E-state index contributed by atoms with van der Waals surface area (Å²) < 4.78 is 5.46. The zero-order valence-corrected chi connectivity index (χ0v) is 16.4. The highest BCUT2D eigenvalue weighted by Gasteiger charge is 2.22. The van der Waals surface area contributed by atoms with Crippen molar-refractivity contribution in [3.05, 3.63) is 53.4 Å². The zero-order valence-electron chi connectivity index (χ0n) is 16.4. The normalized spacial score (nSPS) is 18.1. The molecule has 0 aliphatic carbocycles. The SMILES string of the molecule is NCCCc1cc2c(c(Nc3cccc(N4CCOCC4)c3)n1)C(C=O)NC=C2. The smallest absolute Gasteiger partial charge is 0.146 e. The molecular weight excluding hydrogens is 366 g/mol. The van der Waals surface area contributed by atoms with Crippen LogP contribution in [0.1, 0.15) is 29.3 Å². The number of nitrogens with one attached hydrogen (secondary N) is 2. The van der Waals surface area contributed by atoms with Crippen LogP contribution in [0, 0.1) is 0 Å². The fraction of sp³-hybridized carbons (Fsp3) is 0.364. The monoisotopic (exact) mass is 393 g/mol. The van der Waals surface area contributed by atoms with E-state index >= 15 is 0 Å². The highest BCUT2D eigenvalue weighted by molar-refractivity contribution is 5.77. The minimum Gasteiger partial charge on any atom is -0.378 e. The van der Waals surface area contributed by atoms with Crippen molar-refractivity contribution in [2.75, 3.05) is 43.1 Å². The lowest BCUT2D eigenvalue weighted by Crippen LogP contribution is -2.36. The van der Waals surface area contributed by atoms with Gasteiger partial charge in [-0.25, -0.2) is 4.98 Å². The van der Waals surface area contributed by atoms with Crippen molar-refractivity contribution in [3.63, 3.8) is 0 Å². The Labute approximate surface area is 170 Å². The number of aryl methyl sites for hydroxylation is 1. The molecule has 0 spiro atoms. The first-order valence-corrected chi connectivity index (χ1v) is 10.1. The van der Waals surface area contributed by atoms with E-state index in [1.54, 1.807) is 0 Å². The van der Waals surface area contributed by atoms with Gasteiger partial charge in [0.2, 0.25) is 0 Å². The summed E-state index contributed by atoms with van der Waals surface area (Å²) in [6, 6.07) is 9.91. The number of fused-ring (bicyclic) bond motifs is 1. The highest BCUT2D eigenvalue weighted by Crippen LogP contribution is 2.32. The maximum atomic E-state index is 11.7. The van der Waals surface area contributed by atoms with E-state index in [0.717, 1.165) is 73.6 Å². The molecule has 0 saturated carbocycles. The second-order valence-electron chi connectivity index (χ2n) is 7.25. The third kappa shape index (κ3) is 4.41. The van der Waals surface area contributed by atoms with Gasteiger partial charge in [0.25, 0.3) is 0 Å². The molecule has 0 bridgehead atoms. The van der Waals surface area contributed by atoms with Crippen LogP contribution in [0.25, 0.3) is 6.08 Å². The summed E-state index contributed by atoms with van der Waals surface area (Å²) in [6.45, 7) is 3.88. The van der Waals surface area contributed by atoms with E-state index in [9.17, 15) is 4.79 Å². The van der Waals surface area contributed by atoms with Crippen LogP contribution in [0.15, 0.2) is 36.5 Å². The Balaban J connectivity index is 1.66. The van der Waals surface area contributed by atoms with Gasteiger partial charge in [-0.3, -0.25) is 0 Å². The number of carbonyl (C=O) groups is 1. The summed E-state index contributed by atoms with van der Waals surface area (Å²) in [6.07, 6.45) is 6.39. The number of pyridine rings is 1. The van der Waals surface area contributed by atoms with Crippen LogP contribution < -0.4 is 21.3 Å². The quantitative estimate of drug-likeness (QED) is 0.622. The summed E-state index contributed by atoms with van der Waals surface area (Å²) >= 11 is 0. The third-order valence-electron chi connectivity index (χ3n) is 5.25. The van der Waals surface area contributed by atoms with Gasteiger partial charge in [-0.05, 0) is 61.5 Å². The number of aldehydes is 1. The van der Waals surface area contributed by atoms with Gasteiger partial charge in [0, 0.05) is 35.7 Å². The average molecular weight is 393 g/mol. The lowest BCUT2D eigenvalue weighted by atomic mass is 9.97. The van der Waals surface area contributed by atoms with Gasteiger partial charge in [-0.1, -0.05) is 6.07 Å². The van der Waals surface area contributed by atoms with Gasteiger partial charge in [0.05, 0.1) is 13.2 Å². The Morgan fingerprint density at radius 3 is 2.97 bits per heavy atom. The molecule has 3 heterocycles.